The van der Waals surface area contributed by atoms with Gasteiger partial charge in [0.2, 0.25) is 11.8 Å². The molecular weight excluding hydrogens is 266 g/mol. The monoisotopic (exact) mass is 289 g/mol. The van der Waals surface area contributed by atoms with E-state index in [9.17, 15) is 9.59 Å². The highest BCUT2D eigenvalue weighted by atomic mass is 16.2. The average Bonchev–Trinajstić information content (AvgIpc) is 2.79. The van der Waals surface area contributed by atoms with Crippen LogP contribution in [0.25, 0.3) is 0 Å². The molecule has 0 aliphatic carbocycles. The maximum atomic E-state index is 12.5. The van der Waals surface area contributed by atoms with Crippen LogP contribution in [0, 0.1) is 0 Å². The van der Waals surface area contributed by atoms with E-state index in [0.717, 1.165) is 18.5 Å². The van der Waals surface area contributed by atoms with Crippen LogP contribution in [-0.2, 0) is 9.59 Å². The zero-order chi connectivity index (χ0) is 15.2. The highest BCUT2D eigenvalue weighted by molar-refractivity contribution is 5.83. The van der Waals surface area contributed by atoms with Crippen LogP contribution >= 0.6 is 0 Å². The van der Waals surface area contributed by atoms with Gasteiger partial charge in [0.1, 0.15) is 6.04 Å². The Hall–Kier alpha value is -1.88. The van der Waals surface area contributed by atoms with Crippen LogP contribution in [0.1, 0.15) is 31.4 Å². The Kier molecular flexibility index (Phi) is 5.33. The van der Waals surface area contributed by atoms with Gasteiger partial charge in [-0.1, -0.05) is 37.3 Å². The molecule has 2 amide bonds. The van der Waals surface area contributed by atoms with E-state index in [2.05, 4.69) is 0 Å². The third kappa shape index (κ3) is 3.82. The maximum absolute atomic E-state index is 12.5. The van der Waals surface area contributed by atoms with Crippen molar-refractivity contribution in [1.29, 1.82) is 0 Å². The fourth-order valence-electron chi connectivity index (χ4n) is 2.61. The van der Waals surface area contributed by atoms with Crippen LogP contribution in [0.4, 0.5) is 0 Å². The molecule has 0 bridgehead atoms. The molecule has 1 aliphatic heterocycles. The number of carbonyl (C=O) groups excluding carboxylic acids is 2. The van der Waals surface area contributed by atoms with Crippen molar-refractivity contribution in [2.75, 3.05) is 26.2 Å². The van der Waals surface area contributed by atoms with E-state index in [1.807, 2.05) is 42.2 Å². The molecule has 1 atom stereocenters. The summed E-state index contributed by atoms with van der Waals surface area (Å²) in [5, 5.41) is 0. The van der Waals surface area contributed by atoms with E-state index < -0.39 is 6.04 Å². The van der Waals surface area contributed by atoms with Crippen molar-refractivity contribution in [3.8, 4) is 0 Å². The predicted molar refractivity (Wildman–Crippen MR) is 81.4 cm³/mol. The Balaban J connectivity index is 1.99. The molecule has 1 aromatic carbocycles. The third-order valence-electron chi connectivity index (χ3n) is 3.89. The van der Waals surface area contributed by atoms with Crippen molar-refractivity contribution in [3.05, 3.63) is 35.9 Å². The van der Waals surface area contributed by atoms with Crippen LogP contribution in [0.15, 0.2) is 30.3 Å². The minimum absolute atomic E-state index is 0.0630. The molecule has 0 radical (unpaired) electrons. The largest absolute Gasteiger partial charge is 0.341 e. The van der Waals surface area contributed by atoms with Crippen LogP contribution in [-0.4, -0.2) is 47.8 Å². The molecule has 2 N–H and O–H groups in total. The molecule has 1 fully saturated rings. The highest BCUT2D eigenvalue weighted by Gasteiger charge is 2.25. The van der Waals surface area contributed by atoms with Gasteiger partial charge in [-0.3, -0.25) is 9.59 Å². The van der Waals surface area contributed by atoms with Crippen LogP contribution in [0.5, 0.6) is 0 Å². The lowest BCUT2D eigenvalue weighted by atomic mass is 10.1. The van der Waals surface area contributed by atoms with Gasteiger partial charge in [-0.05, 0) is 12.0 Å². The van der Waals surface area contributed by atoms with Gasteiger partial charge in [-0.2, -0.15) is 0 Å². The van der Waals surface area contributed by atoms with Crippen LogP contribution in [0.3, 0.4) is 0 Å². The number of benzene rings is 1. The van der Waals surface area contributed by atoms with Crippen molar-refractivity contribution in [2.45, 2.75) is 25.8 Å². The van der Waals surface area contributed by atoms with E-state index >= 15 is 0 Å². The van der Waals surface area contributed by atoms with Crippen molar-refractivity contribution in [1.82, 2.24) is 9.80 Å². The molecule has 1 saturated heterocycles. The molecule has 1 aliphatic rings. The summed E-state index contributed by atoms with van der Waals surface area (Å²) >= 11 is 0. The summed E-state index contributed by atoms with van der Waals surface area (Å²) in [6.45, 7) is 4.40. The fourth-order valence-corrected chi connectivity index (χ4v) is 2.61. The number of hydrogen-bond donors (Lipinski definition) is 1. The molecular formula is C16H23N3O2. The third-order valence-corrected chi connectivity index (χ3v) is 3.89. The van der Waals surface area contributed by atoms with Gasteiger partial charge in [-0.25, -0.2) is 0 Å². The summed E-state index contributed by atoms with van der Waals surface area (Å²) < 4.78 is 0. The first-order chi connectivity index (χ1) is 10.1. The minimum Gasteiger partial charge on any atom is -0.341 e. The Labute approximate surface area is 125 Å². The standard InChI is InChI=1S/C16H23N3O2/c1-2-14(20)18-9-6-10-19(12-11-18)16(21)15(17)13-7-4-3-5-8-13/h3-5,7-8,15H,2,6,9-12,17H2,1H3. The molecule has 1 aromatic rings. The Bertz CT molecular complexity index is 490. The molecule has 2 rings (SSSR count). The molecule has 21 heavy (non-hydrogen) atoms. The Morgan fingerprint density at radius 3 is 2.38 bits per heavy atom. The van der Waals surface area contributed by atoms with E-state index in [4.69, 9.17) is 5.73 Å². The van der Waals surface area contributed by atoms with Gasteiger partial charge in [-0.15, -0.1) is 0 Å². The van der Waals surface area contributed by atoms with Crippen molar-refractivity contribution in [2.24, 2.45) is 5.73 Å². The molecule has 114 valence electrons. The van der Waals surface area contributed by atoms with E-state index in [1.54, 1.807) is 4.90 Å². The predicted octanol–water partition coefficient (Wildman–Crippen LogP) is 1.16. The number of amides is 2. The SMILES string of the molecule is CCC(=O)N1CCCN(C(=O)C(N)c2ccccc2)CC1. The lowest BCUT2D eigenvalue weighted by molar-refractivity contribution is -0.134. The van der Waals surface area contributed by atoms with Gasteiger partial charge >= 0.3 is 0 Å². The van der Waals surface area contributed by atoms with Crippen LogP contribution in [0.2, 0.25) is 0 Å². The number of rotatable bonds is 3. The molecule has 1 unspecified atom stereocenters. The Morgan fingerprint density at radius 1 is 1.10 bits per heavy atom. The molecule has 0 spiro atoms. The first kappa shape index (κ1) is 15.5. The summed E-state index contributed by atoms with van der Waals surface area (Å²) in [4.78, 5) is 27.9. The van der Waals surface area contributed by atoms with E-state index in [-0.39, 0.29) is 11.8 Å². The quantitative estimate of drug-likeness (QED) is 0.908. The summed E-state index contributed by atoms with van der Waals surface area (Å²) in [5.74, 6) is 0.0867. The summed E-state index contributed by atoms with van der Waals surface area (Å²) in [7, 11) is 0. The normalized spacial score (nSPS) is 17.2. The first-order valence-corrected chi connectivity index (χ1v) is 7.50. The van der Waals surface area contributed by atoms with Crippen molar-refractivity contribution in [3.63, 3.8) is 0 Å². The van der Waals surface area contributed by atoms with Gasteiger partial charge < -0.3 is 15.5 Å². The van der Waals surface area contributed by atoms with Crippen molar-refractivity contribution < 1.29 is 9.59 Å². The number of hydrogen-bond acceptors (Lipinski definition) is 3. The topological polar surface area (TPSA) is 66.6 Å². The van der Waals surface area contributed by atoms with Gasteiger partial charge in [0.05, 0.1) is 0 Å². The zero-order valence-corrected chi connectivity index (χ0v) is 12.5. The van der Waals surface area contributed by atoms with E-state index in [1.165, 1.54) is 0 Å². The summed E-state index contributed by atoms with van der Waals surface area (Å²) in [5.41, 5.74) is 6.90. The minimum atomic E-state index is -0.625. The maximum Gasteiger partial charge on any atom is 0.244 e. The van der Waals surface area contributed by atoms with Crippen molar-refractivity contribution >= 4 is 11.8 Å². The summed E-state index contributed by atoms with van der Waals surface area (Å²) in [6, 6.07) is 8.78. The first-order valence-electron chi connectivity index (χ1n) is 7.50. The average molecular weight is 289 g/mol. The molecule has 0 saturated carbocycles. The second-order valence-corrected chi connectivity index (χ2v) is 5.30. The zero-order valence-electron chi connectivity index (χ0n) is 12.5. The van der Waals surface area contributed by atoms with Crippen LogP contribution < -0.4 is 5.73 Å². The van der Waals surface area contributed by atoms with Gasteiger partial charge in [0.25, 0.3) is 0 Å². The van der Waals surface area contributed by atoms with Gasteiger partial charge in [0, 0.05) is 32.6 Å². The number of nitrogens with zero attached hydrogens (tertiary/aromatic N) is 2. The Morgan fingerprint density at radius 2 is 1.71 bits per heavy atom. The highest BCUT2D eigenvalue weighted by Crippen LogP contribution is 2.14. The molecule has 5 heteroatoms. The molecule has 0 aromatic heterocycles. The summed E-state index contributed by atoms with van der Waals surface area (Å²) in [6.07, 6.45) is 1.32. The smallest absolute Gasteiger partial charge is 0.244 e. The molecule has 1 heterocycles. The molecule has 5 nitrogen and oxygen atoms in total. The fraction of sp³-hybridized carbons (Fsp3) is 0.500. The number of carbonyl (C=O) groups is 2. The van der Waals surface area contributed by atoms with Gasteiger partial charge in [0.15, 0.2) is 0 Å². The lowest BCUT2D eigenvalue weighted by Crippen LogP contribution is -2.41. The lowest BCUT2D eigenvalue weighted by Gasteiger charge is -2.24. The second kappa shape index (κ2) is 7.22. The second-order valence-electron chi connectivity index (χ2n) is 5.30. The van der Waals surface area contributed by atoms with E-state index in [0.29, 0.717) is 26.1 Å². The number of nitrogens with two attached hydrogens (primary N) is 1.